The highest BCUT2D eigenvalue weighted by molar-refractivity contribution is 7.90. The molecule has 2 N–H and O–H groups in total. The third-order valence-corrected chi connectivity index (χ3v) is 7.99. The number of anilines is 1. The minimum absolute atomic E-state index is 0.00298. The van der Waals surface area contributed by atoms with Gasteiger partial charge < -0.3 is 10.4 Å². The molecule has 0 amide bonds. The second-order valence-corrected chi connectivity index (χ2v) is 9.80. The summed E-state index contributed by atoms with van der Waals surface area (Å²) >= 11 is 0. The summed E-state index contributed by atoms with van der Waals surface area (Å²) in [6.45, 7) is 0. The van der Waals surface area contributed by atoms with E-state index < -0.39 is 14.9 Å². The van der Waals surface area contributed by atoms with Crippen LogP contribution in [0, 0.1) is 22.0 Å². The molecule has 2 aliphatic rings. The minimum atomic E-state index is -3.89. The maximum atomic E-state index is 13.1. The molecule has 3 aromatic rings. The molecule has 0 spiro atoms. The molecule has 2 bridgehead atoms. The summed E-state index contributed by atoms with van der Waals surface area (Å²) in [6, 6.07) is 9.51. The largest absolute Gasteiger partial charge is 0.393 e. The molecule has 0 aliphatic heterocycles. The highest BCUT2D eigenvalue weighted by Crippen LogP contribution is 2.47. The molecule has 9 nitrogen and oxygen atoms in total. The van der Waals surface area contributed by atoms with Crippen LogP contribution in [0.25, 0.3) is 11.0 Å². The quantitative estimate of drug-likeness (QED) is 0.472. The van der Waals surface area contributed by atoms with Gasteiger partial charge in [0.1, 0.15) is 11.9 Å². The van der Waals surface area contributed by atoms with Crippen LogP contribution in [-0.2, 0) is 10.0 Å². The SMILES string of the molecule is O=[N+]([O-])c1cnc2c(ccn2S(=O)(=O)c2ccccc2)c1N[C@@H]1C[C@@H]2C[C@H]1C[C@H]2O. The van der Waals surface area contributed by atoms with E-state index in [1.54, 1.807) is 24.3 Å². The van der Waals surface area contributed by atoms with Gasteiger partial charge in [-0.1, -0.05) is 18.2 Å². The Morgan fingerprint density at radius 1 is 1.13 bits per heavy atom. The van der Waals surface area contributed by atoms with Crippen LogP contribution >= 0.6 is 0 Å². The van der Waals surface area contributed by atoms with Crippen molar-refractivity contribution in [3.8, 4) is 0 Å². The predicted molar refractivity (Wildman–Crippen MR) is 110 cm³/mol. The Hall–Kier alpha value is -2.98. The Morgan fingerprint density at radius 2 is 1.90 bits per heavy atom. The molecule has 2 fully saturated rings. The smallest absolute Gasteiger partial charge is 0.311 e. The molecule has 0 unspecified atom stereocenters. The minimum Gasteiger partial charge on any atom is -0.393 e. The fraction of sp³-hybridized carbons (Fsp3) is 0.350. The highest BCUT2D eigenvalue weighted by Gasteiger charge is 2.45. The first-order chi connectivity index (χ1) is 14.4. The van der Waals surface area contributed by atoms with Gasteiger partial charge in [0.25, 0.3) is 10.0 Å². The number of pyridine rings is 1. The second kappa shape index (κ2) is 6.78. The number of aliphatic hydroxyl groups is 1. The van der Waals surface area contributed by atoms with E-state index >= 15 is 0 Å². The van der Waals surface area contributed by atoms with Crippen molar-refractivity contribution in [2.24, 2.45) is 11.8 Å². The van der Waals surface area contributed by atoms with Crippen molar-refractivity contribution in [3.05, 3.63) is 58.9 Å². The highest BCUT2D eigenvalue weighted by atomic mass is 32.2. The lowest BCUT2D eigenvalue weighted by atomic mass is 9.93. The summed E-state index contributed by atoms with van der Waals surface area (Å²) in [7, 11) is -3.89. The van der Waals surface area contributed by atoms with Gasteiger partial charge in [-0.05, 0) is 49.3 Å². The number of nitrogens with one attached hydrogen (secondary N) is 1. The Kier molecular flexibility index (Phi) is 4.30. The molecule has 156 valence electrons. The molecule has 2 aromatic heterocycles. The van der Waals surface area contributed by atoms with E-state index in [-0.39, 0.29) is 45.9 Å². The number of rotatable bonds is 5. The second-order valence-electron chi connectivity index (χ2n) is 7.99. The van der Waals surface area contributed by atoms with Gasteiger partial charge in [0.05, 0.1) is 21.3 Å². The van der Waals surface area contributed by atoms with Gasteiger partial charge in [-0.2, -0.15) is 0 Å². The lowest BCUT2D eigenvalue weighted by molar-refractivity contribution is -0.384. The molecule has 10 heteroatoms. The Morgan fingerprint density at radius 3 is 2.53 bits per heavy atom. The summed E-state index contributed by atoms with van der Waals surface area (Å²) in [5.41, 5.74) is 0.217. The molecule has 5 rings (SSSR count). The van der Waals surface area contributed by atoms with E-state index in [1.807, 2.05) is 0 Å². The van der Waals surface area contributed by atoms with Crippen molar-refractivity contribution in [2.45, 2.75) is 36.3 Å². The number of hydrogen-bond donors (Lipinski definition) is 2. The first-order valence-electron chi connectivity index (χ1n) is 9.76. The first-order valence-corrected chi connectivity index (χ1v) is 11.2. The first kappa shape index (κ1) is 19.0. The molecule has 1 aromatic carbocycles. The topological polar surface area (TPSA) is 127 Å². The summed E-state index contributed by atoms with van der Waals surface area (Å²) < 4.78 is 27.2. The average Bonchev–Trinajstić information content (AvgIpc) is 3.42. The third-order valence-electron chi connectivity index (χ3n) is 6.31. The van der Waals surface area contributed by atoms with E-state index in [0.717, 1.165) is 23.0 Å². The molecule has 2 saturated carbocycles. The predicted octanol–water partition coefficient (Wildman–Crippen LogP) is 2.75. The Bertz CT molecular complexity index is 1240. The van der Waals surface area contributed by atoms with E-state index in [0.29, 0.717) is 11.8 Å². The zero-order chi connectivity index (χ0) is 21.0. The zero-order valence-electron chi connectivity index (χ0n) is 15.9. The number of hydrogen-bond acceptors (Lipinski definition) is 7. The molecule has 0 saturated heterocycles. The van der Waals surface area contributed by atoms with Crippen LogP contribution in [0.4, 0.5) is 11.4 Å². The summed E-state index contributed by atoms with van der Waals surface area (Å²) in [4.78, 5) is 15.3. The monoisotopic (exact) mass is 428 g/mol. The van der Waals surface area contributed by atoms with Crippen molar-refractivity contribution in [1.82, 2.24) is 8.96 Å². The van der Waals surface area contributed by atoms with Gasteiger partial charge in [-0.25, -0.2) is 17.4 Å². The number of nitro groups is 1. The van der Waals surface area contributed by atoms with Crippen LogP contribution in [0.5, 0.6) is 0 Å². The number of aromatic nitrogens is 2. The molecule has 4 atom stereocenters. The fourth-order valence-electron chi connectivity index (χ4n) is 4.85. The maximum Gasteiger partial charge on any atom is 0.311 e. The van der Waals surface area contributed by atoms with Crippen molar-refractivity contribution in [3.63, 3.8) is 0 Å². The molecular formula is C20H20N4O5S. The van der Waals surface area contributed by atoms with E-state index in [1.165, 1.54) is 18.3 Å². The van der Waals surface area contributed by atoms with Crippen LogP contribution in [0.15, 0.2) is 53.7 Å². The van der Waals surface area contributed by atoms with Gasteiger partial charge >= 0.3 is 5.69 Å². The number of aliphatic hydroxyl groups excluding tert-OH is 1. The number of fused-ring (bicyclic) bond motifs is 3. The normalized spacial score (nSPS) is 25.6. The summed E-state index contributed by atoms with van der Waals surface area (Å²) in [5.74, 6) is 0.440. The van der Waals surface area contributed by atoms with Crippen molar-refractivity contribution < 1.29 is 18.4 Å². The zero-order valence-corrected chi connectivity index (χ0v) is 16.7. The van der Waals surface area contributed by atoms with Gasteiger partial charge in [0.2, 0.25) is 0 Å². The average molecular weight is 428 g/mol. The molecule has 0 radical (unpaired) electrons. The van der Waals surface area contributed by atoms with Gasteiger partial charge in [-0.3, -0.25) is 10.1 Å². The van der Waals surface area contributed by atoms with Crippen LogP contribution in [0.3, 0.4) is 0 Å². The van der Waals surface area contributed by atoms with Crippen molar-refractivity contribution >= 4 is 32.4 Å². The van der Waals surface area contributed by atoms with E-state index in [4.69, 9.17) is 0 Å². The van der Waals surface area contributed by atoms with Gasteiger partial charge in [-0.15, -0.1) is 0 Å². The van der Waals surface area contributed by atoms with Crippen molar-refractivity contribution in [2.75, 3.05) is 5.32 Å². The molecular weight excluding hydrogens is 408 g/mol. The van der Waals surface area contributed by atoms with Crippen molar-refractivity contribution in [1.29, 1.82) is 0 Å². The standard InChI is InChI=1S/C20H20N4O5S/c25-18-10-12-8-13(18)9-16(12)22-19-15-6-7-23(20(15)21-11-17(19)24(26)27)30(28,29)14-4-2-1-3-5-14/h1-7,11-13,16,18,25H,8-10H2,(H,21,22)/t12-,13-,16+,18+/m0/s1. The molecule has 30 heavy (non-hydrogen) atoms. The number of benzene rings is 1. The van der Waals surface area contributed by atoms with E-state index in [2.05, 4.69) is 10.3 Å². The molecule has 2 heterocycles. The molecule has 2 aliphatic carbocycles. The van der Waals surface area contributed by atoms with E-state index in [9.17, 15) is 23.6 Å². The van der Waals surface area contributed by atoms with Crippen LogP contribution in [0.2, 0.25) is 0 Å². The summed E-state index contributed by atoms with van der Waals surface area (Å²) in [6.07, 6.45) is 4.47. The number of nitrogens with zero attached hydrogens (tertiary/aromatic N) is 3. The van der Waals surface area contributed by atoms with Crippen LogP contribution < -0.4 is 5.32 Å². The van der Waals surface area contributed by atoms with Gasteiger partial charge in [0.15, 0.2) is 5.65 Å². The fourth-order valence-corrected chi connectivity index (χ4v) is 6.17. The summed E-state index contributed by atoms with van der Waals surface area (Å²) in [5, 5.41) is 25.3. The van der Waals surface area contributed by atoms with Crippen LogP contribution in [0.1, 0.15) is 19.3 Å². The maximum absolute atomic E-state index is 13.1. The van der Waals surface area contributed by atoms with Gasteiger partial charge in [0, 0.05) is 12.2 Å². The Labute approximate surface area is 172 Å². The third kappa shape index (κ3) is 2.86. The lowest BCUT2D eigenvalue weighted by Crippen LogP contribution is -2.31. The lowest BCUT2D eigenvalue weighted by Gasteiger charge is -2.26. The van der Waals surface area contributed by atoms with Crippen LogP contribution in [-0.4, -0.2) is 39.5 Å². The Balaban J connectivity index is 1.60.